The molecule has 20 aliphatic rings. The summed E-state index contributed by atoms with van der Waals surface area (Å²) < 4.78 is 8.07. The van der Waals surface area contributed by atoms with E-state index in [-0.39, 0.29) is 10.8 Å². The molecule has 2 aromatic rings. The molecular weight excluding hydrogens is 785 g/mol. The quantitative estimate of drug-likeness (QED) is 0.263. The SMILES string of the molecule is C(#Cc1ccccc1)Oc1c(C23CC4CC(CC(C4)C2)C3)c(C23CC4CC(CC(C4)C2)C3)c(C23CC4CC(CC(C4)C2)C3)c(C23CC4CC(CC(C4)C2)C3)c1C12CC3CC(CC(C3)C1)C2. The van der Waals surface area contributed by atoms with Gasteiger partial charge in [-0.05, 0) is 332 Å². The van der Waals surface area contributed by atoms with Crippen LogP contribution in [-0.4, -0.2) is 0 Å². The fourth-order valence-corrected chi connectivity index (χ4v) is 26.2. The summed E-state index contributed by atoms with van der Waals surface area (Å²) in [5.74, 6) is 19.6. The molecule has 0 saturated heterocycles. The molecule has 65 heavy (non-hydrogen) atoms. The summed E-state index contributed by atoms with van der Waals surface area (Å²) in [4.78, 5) is 0. The first-order valence-electron chi connectivity index (χ1n) is 29.2. The summed E-state index contributed by atoms with van der Waals surface area (Å²) >= 11 is 0. The van der Waals surface area contributed by atoms with Gasteiger partial charge < -0.3 is 4.74 Å². The highest BCUT2D eigenvalue weighted by molar-refractivity contribution is 5.69. The van der Waals surface area contributed by atoms with E-state index in [0.29, 0.717) is 16.2 Å². The molecule has 0 spiro atoms. The molecule has 0 atom stereocenters. The van der Waals surface area contributed by atoms with Gasteiger partial charge in [-0.2, -0.15) is 0 Å². The smallest absolute Gasteiger partial charge is 0.148 e. The van der Waals surface area contributed by atoms with Gasteiger partial charge in [-0.3, -0.25) is 0 Å². The Balaban J connectivity index is 1.04. The van der Waals surface area contributed by atoms with Crippen LogP contribution in [0.25, 0.3) is 0 Å². The summed E-state index contributed by atoms with van der Waals surface area (Å²) in [6.45, 7) is 0. The summed E-state index contributed by atoms with van der Waals surface area (Å²) in [6, 6.07) is 11.0. The van der Waals surface area contributed by atoms with Crippen LogP contribution < -0.4 is 4.74 Å². The summed E-state index contributed by atoms with van der Waals surface area (Å²) in [7, 11) is 0. The van der Waals surface area contributed by atoms with Crippen molar-refractivity contribution in [1.82, 2.24) is 0 Å². The third kappa shape index (κ3) is 5.48. The van der Waals surface area contributed by atoms with Crippen LogP contribution in [0.3, 0.4) is 0 Å². The molecule has 0 aromatic heterocycles. The minimum absolute atomic E-state index is 0.283. The van der Waals surface area contributed by atoms with Gasteiger partial charge in [0, 0.05) is 27.5 Å². The van der Waals surface area contributed by atoms with Crippen molar-refractivity contribution in [3.63, 3.8) is 0 Å². The van der Waals surface area contributed by atoms with Crippen molar-refractivity contribution in [2.75, 3.05) is 0 Å². The van der Waals surface area contributed by atoms with Gasteiger partial charge in [-0.15, -0.1) is 0 Å². The van der Waals surface area contributed by atoms with Gasteiger partial charge in [0.15, 0.2) is 0 Å². The van der Waals surface area contributed by atoms with E-state index >= 15 is 0 Å². The Morgan fingerprint density at radius 2 is 0.508 bits per heavy atom. The van der Waals surface area contributed by atoms with E-state index in [1.807, 2.05) is 11.1 Å². The van der Waals surface area contributed by atoms with E-state index in [1.165, 1.54) is 121 Å². The molecule has 0 amide bonds. The minimum Gasteiger partial charge on any atom is -0.407 e. The largest absolute Gasteiger partial charge is 0.407 e. The molecule has 0 heterocycles. The number of benzene rings is 2. The van der Waals surface area contributed by atoms with E-state index < -0.39 is 0 Å². The number of hydrogen-bond acceptors (Lipinski definition) is 1. The lowest BCUT2D eigenvalue weighted by Crippen LogP contribution is -2.58. The second-order valence-electron chi connectivity index (χ2n) is 29.9. The van der Waals surface area contributed by atoms with Crippen molar-refractivity contribution in [3.8, 4) is 17.8 Å². The Morgan fingerprint density at radius 1 is 0.292 bits per heavy atom. The van der Waals surface area contributed by atoms with E-state index in [2.05, 4.69) is 59.0 Å². The monoisotopic (exact) mass is 865 g/mol. The Kier molecular flexibility index (Phi) is 7.82. The zero-order chi connectivity index (χ0) is 42.1. The number of hydrogen-bond donors (Lipinski definition) is 0. The van der Waals surface area contributed by atoms with Gasteiger partial charge in [-0.25, -0.2) is 0 Å². The topological polar surface area (TPSA) is 9.23 Å². The molecule has 20 saturated carbocycles. The standard InChI is InChI=1S/C64H80O/c1-2-4-38(5-3-1)6-7-65-59-57(63-32-48-17-49(33-63)19-50(18-48)34-63)55(61-26-42-11-43(27-61)13-44(12-42)28-61)54(60-23-39-8-40(24-60)10-41(9-39)25-60)56(62-29-45-14-46(30-62)16-47(15-45)31-62)58(59)64-35-51-20-52(36-64)22-53(21-51)37-64/h1-5,39-53H,8-37H2. The zero-order valence-corrected chi connectivity index (χ0v) is 40.2. The third-order valence-corrected chi connectivity index (χ3v) is 25.4. The highest BCUT2D eigenvalue weighted by atomic mass is 16.5. The van der Waals surface area contributed by atoms with Crippen LogP contribution >= 0.6 is 0 Å². The molecule has 1 nitrogen and oxygen atoms in total. The van der Waals surface area contributed by atoms with Crippen molar-refractivity contribution in [2.24, 2.45) is 88.8 Å². The van der Waals surface area contributed by atoms with Crippen molar-refractivity contribution in [1.29, 1.82) is 0 Å². The zero-order valence-electron chi connectivity index (χ0n) is 40.2. The van der Waals surface area contributed by atoms with Crippen molar-refractivity contribution in [2.45, 2.75) is 220 Å². The van der Waals surface area contributed by atoms with Gasteiger partial charge in [0.1, 0.15) is 11.9 Å². The van der Waals surface area contributed by atoms with Crippen LogP contribution in [0.15, 0.2) is 30.3 Å². The van der Waals surface area contributed by atoms with Gasteiger partial charge in [0.25, 0.3) is 0 Å². The summed E-state index contributed by atoms with van der Waals surface area (Å²) in [5.41, 5.74) is 13.2. The van der Waals surface area contributed by atoms with Gasteiger partial charge in [0.2, 0.25) is 0 Å². The van der Waals surface area contributed by atoms with Gasteiger partial charge in [0.05, 0.1) is 0 Å². The molecule has 0 unspecified atom stereocenters. The van der Waals surface area contributed by atoms with E-state index in [0.717, 1.165) is 94.3 Å². The van der Waals surface area contributed by atoms with E-state index in [4.69, 9.17) is 4.74 Å². The Hall–Kier alpha value is -2.20. The van der Waals surface area contributed by atoms with Crippen LogP contribution in [0, 0.1) is 101 Å². The molecule has 2 aromatic carbocycles. The van der Waals surface area contributed by atoms with Crippen LogP contribution in [0.4, 0.5) is 0 Å². The molecule has 20 aliphatic carbocycles. The summed E-state index contributed by atoms with van der Waals surface area (Å²) in [6.07, 6.45) is 49.6. The maximum absolute atomic E-state index is 8.07. The van der Waals surface area contributed by atoms with Crippen LogP contribution in [0.1, 0.15) is 226 Å². The lowest BCUT2D eigenvalue weighted by atomic mass is 9.38. The van der Waals surface area contributed by atoms with Crippen molar-refractivity contribution in [3.05, 3.63) is 63.7 Å². The molecule has 342 valence electrons. The molecule has 1 heteroatoms. The van der Waals surface area contributed by atoms with E-state index in [9.17, 15) is 0 Å². The van der Waals surface area contributed by atoms with Crippen molar-refractivity contribution >= 4 is 0 Å². The maximum Gasteiger partial charge on any atom is 0.148 e. The van der Waals surface area contributed by atoms with E-state index in [1.54, 1.807) is 77.0 Å². The highest BCUT2D eigenvalue weighted by Gasteiger charge is 2.66. The molecular formula is C64H80O. The lowest BCUT2D eigenvalue weighted by molar-refractivity contribution is -0.0333. The molecule has 20 bridgehead atoms. The Morgan fingerprint density at radius 3 is 0.754 bits per heavy atom. The lowest BCUT2D eigenvalue weighted by Gasteiger charge is -2.66. The summed E-state index contributed by atoms with van der Waals surface area (Å²) in [5, 5.41) is 0. The van der Waals surface area contributed by atoms with Crippen LogP contribution in [0.5, 0.6) is 5.75 Å². The highest BCUT2D eigenvalue weighted by Crippen LogP contribution is 2.76. The second kappa shape index (κ2) is 13.2. The first kappa shape index (κ1) is 38.6. The number of rotatable bonds is 6. The van der Waals surface area contributed by atoms with Crippen LogP contribution in [0.2, 0.25) is 0 Å². The van der Waals surface area contributed by atoms with Crippen molar-refractivity contribution < 1.29 is 4.74 Å². The van der Waals surface area contributed by atoms with Crippen LogP contribution in [-0.2, 0) is 27.1 Å². The minimum atomic E-state index is 0.283. The van der Waals surface area contributed by atoms with Gasteiger partial charge >= 0.3 is 0 Å². The first-order chi connectivity index (χ1) is 31.8. The third-order valence-electron chi connectivity index (χ3n) is 25.4. The molecule has 22 rings (SSSR count). The fraction of sp³-hybridized carbons (Fsp3) is 0.781. The predicted octanol–water partition coefficient (Wildman–Crippen LogP) is 15.4. The second-order valence-corrected chi connectivity index (χ2v) is 29.9. The molecule has 0 N–H and O–H groups in total. The Bertz CT molecular complexity index is 2110. The fourth-order valence-electron chi connectivity index (χ4n) is 26.2. The average molecular weight is 865 g/mol. The normalized spacial score (nSPS) is 53.6. The first-order valence-corrected chi connectivity index (χ1v) is 29.2. The average Bonchev–Trinajstić information content (AvgIpc) is 3.24. The predicted molar refractivity (Wildman–Crippen MR) is 260 cm³/mol. The molecule has 0 aliphatic heterocycles. The maximum atomic E-state index is 8.07. The number of ether oxygens (including phenoxy) is 1. The molecule has 20 fully saturated rings. The molecule has 0 radical (unpaired) electrons. The van der Waals surface area contributed by atoms with Gasteiger partial charge in [-0.1, -0.05) is 18.2 Å². The Labute approximate surface area is 392 Å².